The third-order valence-corrected chi connectivity index (χ3v) is 6.24. The summed E-state index contributed by atoms with van der Waals surface area (Å²) < 4.78 is 7.56. The molecule has 5 nitrogen and oxygen atoms in total. The van der Waals surface area contributed by atoms with Crippen LogP contribution in [-0.4, -0.2) is 40.6 Å². The van der Waals surface area contributed by atoms with Crippen molar-refractivity contribution < 1.29 is 4.74 Å². The molecule has 1 aliphatic carbocycles. The smallest absolute Gasteiger partial charge is 0.137 e. The Bertz CT molecular complexity index is 727. The summed E-state index contributed by atoms with van der Waals surface area (Å²) in [6.07, 6.45) is 7.87. The van der Waals surface area contributed by atoms with Crippen molar-refractivity contribution in [3.63, 3.8) is 0 Å². The molecule has 1 aromatic heterocycles. The molecule has 0 bridgehead atoms. The highest BCUT2D eigenvalue weighted by Crippen LogP contribution is 2.40. The number of nitrogens with zero attached hydrogens (tertiary/aromatic N) is 3. The van der Waals surface area contributed by atoms with E-state index in [1.54, 1.807) is 12.7 Å². The van der Waals surface area contributed by atoms with Crippen LogP contribution >= 0.6 is 23.2 Å². The number of halogens is 2. The van der Waals surface area contributed by atoms with E-state index in [9.17, 15) is 0 Å². The van der Waals surface area contributed by atoms with Gasteiger partial charge in [-0.15, -0.1) is 0 Å². The van der Waals surface area contributed by atoms with E-state index in [0.29, 0.717) is 11.1 Å². The Morgan fingerprint density at radius 2 is 2.08 bits per heavy atom. The second-order valence-corrected chi connectivity index (χ2v) is 8.30. The van der Waals surface area contributed by atoms with Crippen molar-refractivity contribution in [1.82, 2.24) is 20.1 Å². The molecule has 0 unspecified atom stereocenters. The monoisotopic (exact) mass is 394 g/mol. The van der Waals surface area contributed by atoms with Crippen molar-refractivity contribution >= 4 is 23.2 Å². The van der Waals surface area contributed by atoms with Gasteiger partial charge in [-0.3, -0.25) is 4.68 Å². The minimum absolute atomic E-state index is 0.0184. The van der Waals surface area contributed by atoms with Crippen LogP contribution < -0.4 is 5.32 Å². The summed E-state index contributed by atoms with van der Waals surface area (Å²) in [5.74, 6) is 0.719. The maximum Gasteiger partial charge on any atom is 0.137 e. The average Bonchev–Trinajstić information content (AvgIpc) is 3.36. The van der Waals surface area contributed by atoms with Gasteiger partial charge in [-0.1, -0.05) is 29.3 Å². The molecular weight excluding hydrogens is 371 g/mol. The Labute approximate surface area is 164 Å². The van der Waals surface area contributed by atoms with Crippen LogP contribution in [0.2, 0.25) is 10.0 Å². The molecule has 140 valence electrons. The van der Waals surface area contributed by atoms with Crippen molar-refractivity contribution in [2.24, 2.45) is 5.92 Å². The van der Waals surface area contributed by atoms with Crippen molar-refractivity contribution in [2.75, 3.05) is 19.8 Å². The fraction of sp³-hybridized carbons (Fsp3) is 0.579. The lowest BCUT2D eigenvalue weighted by atomic mass is 9.74. The van der Waals surface area contributed by atoms with E-state index in [2.05, 4.69) is 21.5 Å². The Morgan fingerprint density at radius 1 is 1.27 bits per heavy atom. The van der Waals surface area contributed by atoms with Crippen molar-refractivity contribution in [3.05, 3.63) is 46.5 Å². The average molecular weight is 395 g/mol. The van der Waals surface area contributed by atoms with Gasteiger partial charge in [-0.05, 0) is 49.3 Å². The van der Waals surface area contributed by atoms with E-state index in [1.807, 2.05) is 16.8 Å². The van der Waals surface area contributed by atoms with Gasteiger partial charge in [0.1, 0.15) is 12.7 Å². The van der Waals surface area contributed by atoms with Gasteiger partial charge in [0, 0.05) is 41.3 Å². The Balaban J connectivity index is 1.53. The fourth-order valence-corrected chi connectivity index (χ4v) is 4.57. The molecule has 1 aromatic carbocycles. The Hall–Kier alpha value is -1.14. The summed E-state index contributed by atoms with van der Waals surface area (Å²) in [5.41, 5.74) is 1.16. The van der Waals surface area contributed by atoms with E-state index in [4.69, 9.17) is 27.9 Å². The van der Waals surface area contributed by atoms with Gasteiger partial charge < -0.3 is 10.1 Å². The lowest BCUT2D eigenvalue weighted by Crippen LogP contribution is -2.47. The number of benzene rings is 1. The molecule has 1 saturated heterocycles. The zero-order valence-electron chi connectivity index (χ0n) is 14.7. The zero-order valence-corrected chi connectivity index (χ0v) is 16.2. The molecule has 2 fully saturated rings. The number of hydrogen-bond donors (Lipinski definition) is 1. The molecule has 2 heterocycles. The molecule has 1 saturated carbocycles. The van der Waals surface area contributed by atoms with Crippen LogP contribution in [0.4, 0.5) is 0 Å². The van der Waals surface area contributed by atoms with Gasteiger partial charge >= 0.3 is 0 Å². The molecule has 0 radical (unpaired) electrons. The number of aromatic nitrogens is 3. The van der Waals surface area contributed by atoms with Gasteiger partial charge in [0.2, 0.25) is 0 Å². The predicted octanol–water partition coefficient (Wildman–Crippen LogP) is 3.70. The van der Waals surface area contributed by atoms with Gasteiger partial charge in [0.15, 0.2) is 0 Å². The Kier molecular flexibility index (Phi) is 5.50. The molecule has 7 heteroatoms. The van der Waals surface area contributed by atoms with Crippen molar-refractivity contribution in [3.8, 4) is 0 Å². The molecule has 0 spiro atoms. The molecule has 1 atom stereocenters. The van der Waals surface area contributed by atoms with Gasteiger partial charge in [0.05, 0.1) is 6.54 Å². The predicted molar refractivity (Wildman–Crippen MR) is 103 cm³/mol. The van der Waals surface area contributed by atoms with Crippen LogP contribution in [0.5, 0.6) is 0 Å². The van der Waals surface area contributed by atoms with Crippen LogP contribution in [-0.2, 0) is 16.7 Å². The molecular formula is C19H24Cl2N4O. The summed E-state index contributed by atoms with van der Waals surface area (Å²) in [7, 11) is 0. The van der Waals surface area contributed by atoms with E-state index < -0.39 is 0 Å². The van der Waals surface area contributed by atoms with E-state index in [-0.39, 0.29) is 5.41 Å². The third-order valence-electron chi connectivity index (χ3n) is 5.70. The van der Waals surface area contributed by atoms with Crippen LogP contribution in [0, 0.1) is 5.92 Å². The van der Waals surface area contributed by atoms with Crippen LogP contribution in [0.25, 0.3) is 0 Å². The minimum Gasteiger partial charge on any atom is -0.381 e. The van der Waals surface area contributed by atoms with E-state index in [1.165, 1.54) is 18.4 Å². The summed E-state index contributed by atoms with van der Waals surface area (Å²) in [4.78, 5) is 4.06. The zero-order chi connectivity index (χ0) is 18.0. The Morgan fingerprint density at radius 3 is 2.73 bits per heavy atom. The normalized spacial score (nSPS) is 20.8. The van der Waals surface area contributed by atoms with Gasteiger partial charge in [0.25, 0.3) is 0 Å². The highest BCUT2D eigenvalue weighted by molar-refractivity contribution is 6.35. The van der Waals surface area contributed by atoms with Crippen LogP contribution in [0.15, 0.2) is 30.9 Å². The third kappa shape index (κ3) is 4.06. The van der Waals surface area contributed by atoms with Crippen molar-refractivity contribution in [2.45, 2.75) is 43.7 Å². The number of hydrogen-bond acceptors (Lipinski definition) is 4. The SMILES string of the molecule is Clc1ccc(C2(CN[C@H](Cn3cncn3)C3CC3)CCOCC2)c(Cl)c1. The molecule has 1 N–H and O–H groups in total. The van der Waals surface area contributed by atoms with Crippen molar-refractivity contribution in [1.29, 1.82) is 0 Å². The second kappa shape index (κ2) is 7.85. The van der Waals surface area contributed by atoms with Gasteiger partial charge in [-0.25, -0.2) is 4.98 Å². The molecule has 0 amide bonds. The minimum atomic E-state index is -0.0184. The van der Waals surface area contributed by atoms with E-state index in [0.717, 1.165) is 50.1 Å². The van der Waals surface area contributed by atoms with E-state index >= 15 is 0 Å². The molecule has 26 heavy (non-hydrogen) atoms. The maximum atomic E-state index is 6.58. The summed E-state index contributed by atoms with van der Waals surface area (Å²) in [5, 5.41) is 9.53. The van der Waals surface area contributed by atoms with Gasteiger partial charge in [-0.2, -0.15) is 5.10 Å². The summed E-state index contributed by atoms with van der Waals surface area (Å²) in [6.45, 7) is 3.26. The first kappa shape index (κ1) is 18.2. The van der Waals surface area contributed by atoms with Crippen LogP contribution in [0.1, 0.15) is 31.2 Å². The maximum absolute atomic E-state index is 6.58. The largest absolute Gasteiger partial charge is 0.381 e. The first-order valence-corrected chi connectivity index (χ1v) is 10.0. The standard InChI is InChI=1S/C19H24Cl2N4O/c20-15-3-4-16(17(21)9-15)19(5-7-26-8-6-19)11-23-18(14-1-2-14)10-25-13-22-12-24-25/h3-4,9,12-14,18,23H,1-2,5-8,10-11H2/t18-/m1/s1. The topological polar surface area (TPSA) is 52.0 Å². The first-order chi connectivity index (χ1) is 12.7. The first-order valence-electron chi connectivity index (χ1n) is 9.25. The number of nitrogens with one attached hydrogen (secondary N) is 1. The number of ether oxygens (including phenoxy) is 1. The highest BCUT2D eigenvalue weighted by atomic mass is 35.5. The summed E-state index contributed by atoms with van der Waals surface area (Å²) in [6, 6.07) is 6.28. The fourth-order valence-electron chi connectivity index (χ4n) is 3.96. The summed E-state index contributed by atoms with van der Waals surface area (Å²) >= 11 is 12.7. The molecule has 2 aromatic rings. The number of rotatable bonds is 7. The molecule has 4 rings (SSSR count). The molecule has 2 aliphatic rings. The second-order valence-electron chi connectivity index (χ2n) is 7.46. The van der Waals surface area contributed by atoms with Crippen LogP contribution in [0.3, 0.4) is 0 Å². The lowest BCUT2D eigenvalue weighted by Gasteiger charge is -2.39. The lowest BCUT2D eigenvalue weighted by molar-refractivity contribution is 0.0483. The quantitative estimate of drug-likeness (QED) is 0.777. The highest BCUT2D eigenvalue weighted by Gasteiger charge is 2.38. The molecule has 1 aliphatic heterocycles.